The second kappa shape index (κ2) is 7.17. The molecular weight excluding hydrogens is 399 g/mol. The number of carbonyl (C=O) groups is 2. The fourth-order valence-corrected chi connectivity index (χ4v) is 4.82. The summed E-state index contributed by atoms with van der Waals surface area (Å²) in [6, 6.07) is 15.1. The number of rotatable bonds is 5. The van der Waals surface area contributed by atoms with Crippen LogP contribution in [0.4, 0.5) is 15.8 Å². The lowest BCUT2D eigenvalue weighted by Crippen LogP contribution is -2.34. The van der Waals surface area contributed by atoms with Gasteiger partial charge >= 0.3 is 5.97 Å². The van der Waals surface area contributed by atoms with Gasteiger partial charge in [0, 0.05) is 11.1 Å². The first kappa shape index (κ1) is 18.9. The smallest absolute Gasteiger partial charge is 0.327 e. The maximum absolute atomic E-state index is 12.9. The molecule has 0 radical (unpaired) electrons. The average Bonchev–Trinajstić information content (AvgIpc) is 2.92. The molecule has 148 valence electrons. The highest BCUT2D eigenvalue weighted by molar-refractivity contribution is 7.93. The van der Waals surface area contributed by atoms with Crippen LogP contribution in [0.1, 0.15) is 0 Å². The Morgan fingerprint density at radius 3 is 2.41 bits per heavy atom. The first-order valence-electron chi connectivity index (χ1n) is 8.62. The molecule has 0 aliphatic carbocycles. The van der Waals surface area contributed by atoms with E-state index in [-0.39, 0.29) is 4.90 Å². The van der Waals surface area contributed by atoms with Gasteiger partial charge < -0.3 is 10.1 Å². The number of esters is 1. The van der Waals surface area contributed by atoms with Gasteiger partial charge in [-0.2, -0.15) is 0 Å². The van der Waals surface area contributed by atoms with E-state index in [1.807, 2.05) is 0 Å². The minimum absolute atomic E-state index is 0.132. The van der Waals surface area contributed by atoms with E-state index >= 15 is 0 Å². The number of anilines is 2. The molecule has 1 aliphatic rings. The van der Waals surface area contributed by atoms with E-state index in [4.69, 9.17) is 4.74 Å². The molecule has 0 atom stereocenters. The van der Waals surface area contributed by atoms with Gasteiger partial charge in [0.1, 0.15) is 12.4 Å². The molecule has 1 N–H and O–H groups in total. The zero-order valence-electron chi connectivity index (χ0n) is 15.0. The molecule has 1 amide bonds. The number of carbonyl (C=O) groups excluding carboxylic acids is 2. The van der Waals surface area contributed by atoms with E-state index in [0.29, 0.717) is 16.8 Å². The Kier molecular flexibility index (Phi) is 4.67. The van der Waals surface area contributed by atoms with E-state index in [9.17, 15) is 22.4 Å². The van der Waals surface area contributed by atoms with Crippen LogP contribution in [0.3, 0.4) is 0 Å². The molecule has 0 aromatic heterocycles. The number of benzene rings is 3. The summed E-state index contributed by atoms with van der Waals surface area (Å²) in [7, 11) is -3.89. The minimum Gasteiger partial charge on any atom is -0.454 e. The lowest BCUT2D eigenvalue weighted by molar-refractivity contribution is -0.145. The number of hydrogen-bond acceptors (Lipinski definition) is 5. The van der Waals surface area contributed by atoms with Gasteiger partial charge in [0.25, 0.3) is 15.9 Å². The summed E-state index contributed by atoms with van der Waals surface area (Å²) < 4.78 is 44.4. The van der Waals surface area contributed by atoms with Gasteiger partial charge in [0.15, 0.2) is 6.61 Å². The lowest BCUT2D eigenvalue weighted by atomic mass is 10.1. The minimum atomic E-state index is -3.89. The van der Waals surface area contributed by atoms with E-state index in [1.54, 1.807) is 30.3 Å². The fraction of sp³-hybridized carbons (Fsp3) is 0.100. The summed E-state index contributed by atoms with van der Waals surface area (Å²) >= 11 is 0. The zero-order chi connectivity index (χ0) is 20.6. The monoisotopic (exact) mass is 414 g/mol. The van der Waals surface area contributed by atoms with Crippen molar-refractivity contribution in [1.82, 2.24) is 0 Å². The Morgan fingerprint density at radius 2 is 1.69 bits per heavy atom. The molecule has 3 aromatic rings. The third kappa shape index (κ3) is 3.52. The predicted molar refractivity (Wildman–Crippen MR) is 104 cm³/mol. The van der Waals surface area contributed by atoms with Crippen LogP contribution in [0.15, 0.2) is 65.6 Å². The summed E-state index contributed by atoms with van der Waals surface area (Å²) in [6.07, 6.45) is 0. The molecule has 0 saturated heterocycles. The standard InChI is InChI=1S/C20H15FN2O5S/c21-14-7-9-15(10-8-14)22-18(24)12-28-19(25)11-23-16-5-1-3-13-4-2-6-17(20(13)16)29(23,26)27/h1-10H,11-12H2,(H,22,24). The third-order valence-corrected chi connectivity index (χ3v) is 6.25. The van der Waals surface area contributed by atoms with Crippen molar-refractivity contribution in [2.24, 2.45) is 0 Å². The Hall–Kier alpha value is -3.46. The summed E-state index contributed by atoms with van der Waals surface area (Å²) in [5.41, 5.74) is 0.738. The molecule has 9 heteroatoms. The second-order valence-corrected chi connectivity index (χ2v) is 8.19. The first-order chi connectivity index (χ1) is 13.9. The van der Waals surface area contributed by atoms with Crippen molar-refractivity contribution in [2.45, 2.75) is 4.90 Å². The van der Waals surface area contributed by atoms with E-state index in [1.165, 1.54) is 30.3 Å². The van der Waals surface area contributed by atoms with Crippen LogP contribution in [0.5, 0.6) is 0 Å². The molecule has 3 aromatic carbocycles. The summed E-state index contributed by atoms with van der Waals surface area (Å²) in [5, 5.41) is 3.75. The molecule has 0 fully saturated rings. The largest absolute Gasteiger partial charge is 0.454 e. The average molecular weight is 414 g/mol. The van der Waals surface area contributed by atoms with Crippen LogP contribution in [-0.2, 0) is 24.3 Å². The van der Waals surface area contributed by atoms with Gasteiger partial charge in [-0.25, -0.2) is 12.8 Å². The number of halogens is 1. The highest BCUT2D eigenvalue weighted by Crippen LogP contribution is 2.41. The first-order valence-corrected chi connectivity index (χ1v) is 10.1. The fourth-order valence-electron chi connectivity index (χ4n) is 3.17. The molecule has 0 bridgehead atoms. The topological polar surface area (TPSA) is 92.8 Å². The van der Waals surface area contributed by atoms with Gasteiger partial charge in [-0.1, -0.05) is 24.3 Å². The summed E-state index contributed by atoms with van der Waals surface area (Å²) in [4.78, 5) is 24.2. The number of hydrogen-bond donors (Lipinski definition) is 1. The normalized spacial score (nSPS) is 14.0. The lowest BCUT2D eigenvalue weighted by Gasteiger charge is -2.17. The maximum atomic E-state index is 12.9. The summed E-state index contributed by atoms with van der Waals surface area (Å²) in [5.74, 6) is -1.94. The number of amides is 1. The van der Waals surface area contributed by atoms with Gasteiger partial charge in [-0.15, -0.1) is 0 Å². The van der Waals surface area contributed by atoms with Crippen LogP contribution in [0.25, 0.3) is 10.8 Å². The third-order valence-electron chi connectivity index (χ3n) is 4.45. The molecule has 0 unspecified atom stereocenters. The Bertz CT molecular complexity index is 1220. The van der Waals surface area contributed by atoms with Crippen LogP contribution >= 0.6 is 0 Å². The molecule has 1 heterocycles. The SMILES string of the molecule is O=C(COC(=O)CN1c2cccc3cccc(c23)S1(=O)=O)Nc1ccc(F)cc1. The van der Waals surface area contributed by atoms with Crippen LogP contribution < -0.4 is 9.62 Å². The number of sulfonamides is 1. The maximum Gasteiger partial charge on any atom is 0.327 e. The Balaban J connectivity index is 1.43. The molecule has 0 saturated carbocycles. The van der Waals surface area contributed by atoms with Crippen LogP contribution in [0, 0.1) is 5.82 Å². The highest BCUT2D eigenvalue weighted by atomic mass is 32.2. The van der Waals surface area contributed by atoms with Crippen LogP contribution in [0.2, 0.25) is 0 Å². The van der Waals surface area contributed by atoms with E-state index in [0.717, 1.165) is 9.69 Å². The second-order valence-electron chi connectivity index (χ2n) is 6.36. The number of ether oxygens (including phenoxy) is 1. The molecule has 29 heavy (non-hydrogen) atoms. The summed E-state index contributed by atoms with van der Waals surface area (Å²) in [6.45, 7) is -1.15. The molecule has 0 spiro atoms. The van der Waals surface area contributed by atoms with Crippen molar-refractivity contribution < 1.29 is 27.1 Å². The van der Waals surface area contributed by atoms with Gasteiger partial charge in [0.2, 0.25) is 0 Å². The molecular formula is C20H15FN2O5S. The van der Waals surface area contributed by atoms with Crippen molar-refractivity contribution in [2.75, 3.05) is 22.8 Å². The van der Waals surface area contributed by atoms with Gasteiger partial charge in [-0.05, 0) is 41.8 Å². The highest BCUT2D eigenvalue weighted by Gasteiger charge is 2.37. The number of nitrogens with one attached hydrogen (secondary N) is 1. The van der Waals surface area contributed by atoms with Crippen molar-refractivity contribution in [1.29, 1.82) is 0 Å². The molecule has 1 aliphatic heterocycles. The van der Waals surface area contributed by atoms with Gasteiger partial charge in [-0.3, -0.25) is 13.9 Å². The number of nitrogens with zero attached hydrogens (tertiary/aromatic N) is 1. The van der Waals surface area contributed by atoms with Gasteiger partial charge in [0.05, 0.1) is 10.6 Å². The Morgan fingerprint density at radius 1 is 1.00 bits per heavy atom. The van der Waals surface area contributed by atoms with E-state index in [2.05, 4.69) is 5.32 Å². The molecule has 7 nitrogen and oxygen atoms in total. The Labute approximate surface area is 165 Å². The van der Waals surface area contributed by atoms with Crippen molar-refractivity contribution in [3.05, 3.63) is 66.5 Å². The predicted octanol–water partition coefficient (Wildman–Crippen LogP) is 2.67. The van der Waals surface area contributed by atoms with Crippen molar-refractivity contribution in [3.8, 4) is 0 Å². The van der Waals surface area contributed by atoms with Crippen LogP contribution in [-0.4, -0.2) is 33.4 Å². The molecule has 4 rings (SSSR count). The quantitative estimate of drug-likeness (QED) is 0.648. The zero-order valence-corrected chi connectivity index (χ0v) is 15.8. The van der Waals surface area contributed by atoms with Crippen molar-refractivity contribution >= 4 is 44.0 Å². The van der Waals surface area contributed by atoms with Crippen molar-refractivity contribution in [3.63, 3.8) is 0 Å². The van der Waals surface area contributed by atoms with E-state index < -0.39 is 40.9 Å².